The molecule has 3 atom stereocenters. The van der Waals surface area contributed by atoms with Gasteiger partial charge in [-0.25, -0.2) is 0 Å². The first-order valence-electron chi connectivity index (χ1n) is 6.31. The molecule has 2 rings (SSSR count). The fraction of sp³-hybridized carbons (Fsp3) is 1.00. The summed E-state index contributed by atoms with van der Waals surface area (Å²) in [5.41, 5.74) is 0.646. The number of hydrogen-bond donors (Lipinski definition) is 1. The largest absolute Gasteiger partial charge is 0.314 e. The van der Waals surface area contributed by atoms with Crippen molar-refractivity contribution < 1.29 is 0 Å². The van der Waals surface area contributed by atoms with Gasteiger partial charge in [0.25, 0.3) is 0 Å². The van der Waals surface area contributed by atoms with Crippen LogP contribution >= 0.6 is 0 Å². The zero-order valence-electron chi connectivity index (χ0n) is 9.97. The normalized spacial score (nSPS) is 40.9. The number of nitrogens with one attached hydrogen (secondary N) is 1. The van der Waals surface area contributed by atoms with Crippen LogP contribution in [0.5, 0.6) is 0 Å². The van der Waals surface area contributed by atoms with E-state index >= 15 is 0 Å². The van der Waals surface area contributed by atoms with Gasteiger partial charge in [0.15, 0.2) is 0 Å². The maximum absolute atomic E-state index is 3.77. The highest BCUT2D eigenvalue weighted by atomic mass is 14.9. The van der Waals surface area contributed by atoms with Crippen molar-refractivity contribution in [3.8, 4) is 0 Å². The molecule has 0 aromatic rings. The Morgan fingerprint density at radius 3 is 2.57 bits per heavy atom. The minimum Gasteiger partial charge on any atom is -0.314 e. The third-order valence-corrected chi connectivity index (χ3v) is 4.31. The molecular formula is C13H25N. The average molecular weight is 195 g/mol. The standard InChI is InChI=1S/C13H25N/c1-10-5-4-6-12(7-10)14-9-11-8-13(11,2)3/h10-12,14H,4-9H2,1-3H3. The molecule has 2 aliphatic rings. The molecule has 3 unspecified atom stereocenters. The van der Waals surface area contributed by atoms with Crippen LogP contribution in [0.15, 0.2) is 0 Å². The SMILES string of the molecule is CC1CCCC(NCC2CC2(C)C)C1. The smallest absolute Gasteiger partial charge is 0.00697 e. The summed E-state index contributed by atoms with van der Waals surface area (Å²) in [4.78, 5) is 0. The predicted molar refractivity (Wildman–Crippen MR) is 61.3 cm³/mol. The summed E-state index contributed by atoms with van der Waals surface area (Å²) < 4.78 is 0. The molecule has 0 heterocycles. The molecule has 14 heavy (non-hydrogen) atoms. The van der Waals surface area contributed by atoms with Crippen LogP contribution in [0, 0.1) is 17.3 Å². The molecular weight excluding hydrogens is 170 g/mol. The van der Waals surface area contributed by atoms with E-state index in [0.29, 0.717) is 5.41 Å². The second-order valence-corrected chi connectivity index (χ2v) is 6.27. The first kappa shape index (κ1) is 10.5. The van der Waals surface area contributed by atoms with E-state index in [1.54, 1.807) is 0 Å². The molecule has 2 fully saturated rings. The van der Waals surface area contributed by atoms with Gasteiger partial charge >= 0.3 is 0 Å². The highest BCUT2D eigenvalue weighted by Gasteiger charge is 2.45. The van der Waals surface area contributed by atoms with Crippen molar-refractivity contribution in [2.45, 2.75) is 58.9 Å². The van der Waals surface area contributed by atoms with E-state index in [-0.39, 0.29) is 0 Å². The van der Waals surface area contributed by atoms with Crippen molar-refractivity contribution in [2.75, 3.05) is 6.54 Å². The Hall–Kier alpha value is -0.0400. The van der Waals surface area contributed by atoms with Crippen molar-refractivity contribution >= 4 is 0 Å². The predicted octanol–water partition coefficient (Wildman–Crippen LogP) is 3.20. The van der Waals surface area contributed by atoms with Gasteiger partial charge < -0.3 is 5.32 Å². The fourth-order valence-electron chi connectivity index (χ4n) is 2.85. The van der Waals surface area contributed by atoms with E-state index in [2.05, 4.69) is 26.1 Å². The Morgan fingerprint density at radius 2 is 2.00 bits per heavy atom. The second kappa shape index (κ2) is 3.84. The lowest BCUT2D eigenvalue weighted by Crippen LogP contribution is -2.35. The Kier molecular flexibility index (Phi) is 2.88. The molecule has 0 saturated heterocycles. The Balaban J connectivity index is 1.66. The summed E-state index contributed by atoms with van der Waals surface area (Å²) in [5, 5.41) is 3.77. The first-order chi connectivity index (χ1) is 6.58. The molecule has 1 heteroatoms. The maximum atomic E-state index is 3.77. The lowest BCUT2D eigenvalue weighted by atomic mass is 9.87. The van der Waals surface area contributed by atoms with Gasteiger partial charge in [-0.1, -0.05) is 33.6 Å². The van der Waals surface area contributed by atoms with Crippen LogP contribution in [-0.4, -0.2) is 12.6 Å². The fourth-order valence-corrected chi connectivity index (χ4v) is 2.85. The Bertz CT molecular complexity index is 197. The van der Waals surface area contributed by atoms with Gasteiger partial charge in [0.1, 0.15) is 0 Å². The van der Waals surface area contributed by atoms with Crippen molar-refractivity contribution in [3.63, 3.8) is 0 Å². The topological polar surface area (TPSA) is 12.0 Å². The molecule has 0 amide bonds. The minimum atomic E-state index is 0.646. The van der Waals surface area contributed by atoms with Crippen molar-refractivity contribution in [3.05, 3.63) is 0 Å². The third kappa shape index (κ3) is 2.50. The molecule has 82 valence electrons. The Labute approximate surface area is 88.7 Å². The quantitative estimate of drug-likeness (QED) is 0.729. The first-order valence-corrected chi connectivity index (χ1v) is 6.31. The van der Waals surface area contributed by atoms with Crippen LogP contribution in [0.2, 0.25) is 0 Å². The molecule has 0 spiro atoms. The van der Waals surface area contributed by atoms with E-state index in [0.717, 1.165) is 17.9 Å². The van der Waals surface area contributed by atoms with Crippen LogP contribution in [0.1, 0.15) is 52.9 Å². The summed E-state index contributed by atoms with van der Waals surface area (Å²) in [7, 11) is 0. The summed E-state index contributed by atoms with van der Waals surface area (Å²) in [6.07, 6.45) is 7.15. The van der Waals surface area contributed by atoms with Crippen LogP contribution in [0.25, 0.3) is 0 Å². The number of hydrogen-bond acceptors (Lipinski definition) is 1. The molecule has 2 aliphatic carbocycles. The van der Waals surface area contributed by atoms with Gasteiger partial charge in [0.2, 0.25) is 0 Å². The van der Waals surface area contributed by atoms with Gasteiger partial charge in [-0.3, -0.25) is 0 Å². The van der Waals surface area contributed by atoms with E-state index < -0.39 is 0 Å². The van der Waals surface area contributed by atoms with Gasteiger partial charge in [-0.2, -0.15) is 0 Å². The second-order valence-electron chi connectivity index (χ2n) is 6.27. The van der Waals surface area contributed by atoms with Crippen molar-refractivity contribution in [1.82, 2.24) is 5.32 Å². The number of rotatable bonds is 3. The zero-order chi connectivity index (χ0) is 10.2. The Morgan fingerprint density at radius 1 is 1.29 bits per heavy atom. The minimum absolute atomic E-state index is 0.646. The summed E-state index contributed by atoms with van der Waals surface area (Å²) in [6, 6.07) is 0.829. The summed E-state index contributed by atoms with van der Waals surface area (Å²) >= 11 is 0. The molecule has 0 aliphatic heterocycles. The average Bonchev–Trinajstić information content (AvgIpc) is 2.71. The van der Waals surface area contributed by atoms with Crippen molar-refractivity contribution in [1.29, 1.82) is 0 Å². The zero-order valence-corrected chi connectivity index (χ0v) is 9.97. The van der Waals surface area contributed by atoms with E-state index in [1.807, 2.05) is 0 Å². The molecule has 1 nitrogen and oxygen atoms in total. The van der Waals surface area contributed by atoms with Crippen LogP contribution in [0.3, 0.4) is 0 Å². The van der Waals surface area contributed by atoms with Crippen LogP contribution < -0.4 is 5.32 Å². The highest BCUT2D eigenvalue weighted by Crippen LogP contribution is 2.51. The molecule has 0 aromatic heterocycles. The van der Waals surface area contributed by atoms with Gasteiger partial charge in [0.05, 0.1) is 0 Å². The molecule has 0 radical (unpaired) electrons. The van der Waals surface area contributed by atoms with Crippen LogP contribution in [-0.2, 0) is 0 Å². The monoisotopic (exact) mass is 195 g/mol. The van der Waals surface area contributed by atoms with Crippen LogP contribution in [0.4, 0.5) is 0 Å². The van der Waals surface area contributed by atoms with E-state index in [1.165, 1.54) is 38.6 Å². The summed E-state index contributed by atoms with van der Waals surface area (Å²) in [5.74, 6) is 1.91. The molecule has 2 saturated carbocycles. The molecule has 0 bridgehead atoms. The third-order valence-electron chi connectivity index (χ3n) is 4.31. The molecule has 1 N–H and O–H groups in total. The summed E-state index contributed by atoms with van der Waals surface area (Å²) in [6.45, 7) is 8.45. The lowest BCUT2D eigenvalue weighted by Gasteiger charge is -2.27. The van der Waals surface area contributed by atoms with Gasteiger partial charge in [-0.15, -0.1) is 0 Å². The lowest BCUT2D eigenvalue weighted by molar-refractivity contribution is 0.296. The maximum Gasteiger partial charge on any atom is 0.00697 e. The highest BCUT2D eigenvalue weighted by molar-refractivity contribution is 4.96. The molecule has 0 aromatic carbocycles. The van der Waals surface area contributed by atoms with E-state index in [9.17, 15) is 0 Å². The van der Waals surface area contributed by atoms with E-state index in [4.69, 9.17) is 0 Å². The van der Waals surface area contributed by atoms with Crippen molar-refractivity contribution in [2.24, 2.45) is 17.3 Å². The van der Waals surface area contributed by atoms with Gasteiger partial charge in [0, 0.05) is 6.04 Å². The van der Waals surface area contributed by atoms with Gasteiger partial charge in [-0.05, 0) is 43.1 Å².